The molecule has 9 heteroatoms. The number of para-hydroxylation sites is 1. The lowest BCUT2D eigenvalue weighted by molar-refractivity contribution is -0.385. The highest BCUT2D eigenvalue weighted by atomic mass is 32.2. The summed E-state index contributed by atoms with van der Waals surface area (Å²) in [4.78, 5) is 10.3. The maximum Gasteiger partial charge on any atom is 0.269 e. The standard InChI is InChI=1S/C14H11N5O3S/c20-13-7-6-12(19(21)22)8-10(13)9-23-14-15-16-17-18(14)11-4-2-1-3-5-11/h1-8,20H,9H2/p-1. The van der Waals surface area contributed by atoms with Crippen molar-refractivity contribution < 1.29 is 10.0 Å². The van der Waals surface area contributed by atoms with E-state index in [1.54, 1.807) is 4.68 Å². The second-order valence-electron chi connectivity index (χ2n) is 4.55. The first kappa shape index (κ1) is 15.0. The molecule has 3 aromatic rings. The van der Waals surface area contributed by atoms with Gasteiger partial charge < -0.3 is 5.11 Å². The molecule has 0 atom stereocenters. The van der Waals surface area contributed by atoms with Gasteiger partial charge in [0.15, 0.2) is 0 Å². The van der Waals surface area contributed by atoms with Gasteiger partial charge in [-0.2, -0.15) is 4.68 Å². The minimum atomic E-state index is -0.526. The van der Waals surface area contributed by atoms with Crippen LogP contribution < -0.4 is 5.11 Å². The van der Waals surface area contributed by atoms with E-state index >= 15 is 0 Å². The smallest absolute Gasteiger partial charge is 0.269 e. The Bertz CT molecular complexity index is 837. The molecular formula is C14H10N5O3S-. The number of benzene rings is 2. The van der Waals surface area contributed by atoms with Crippen LogP contribution in [0.5, 0.6) is 5.75 Å². The molecule has 3 rings (SSSR count). The highest BCUT2D eigenvalue weighted by Gasteiger charge is 2.11. The maximum absolute atomic E-state index is 11.8. The number of thioether (sulfide) groups is 1. The highest BCUT2D eigenvalue weighted by molar-refractivity contribution is 7.98. The van der Waals surface area contributed by atoms with Crippen LogP contribution in [0.4, 0.5) is 5.69 Å². The monoisotopic (exact) mass is 328 g/mol. The third-order valence-electron chi connectivity index (χ3n) is 3.05. The van der Waals surface area contributed by atoms with Gasteiger partial charge in [-0.25, -0.2) is 0 Å². The van der Waals surface area contributed by atoms with Crippen molar-refractivity contribution in [1.29, 1.82) is 0 Å². The average Bonchev–Trinajstić information content (AvgIpc) is 3.03. The quantitative estimate of drug-likeness (QED) is 0.400. The topological polar surface area (TPSA) is 110 Å². The molecule has 23 heavy (non-hydrogen) atoms. The van der Waals surface area contributed by atoms with Crippen molar-refractivity contribution in [3.63, 3.8) is 0 Å². The number of tetrazole rings is 1. The van der Waals surface area contributed by atoms with Crippen molar-refractivity contribution in [3.8, 4) is 11.4 Å². The van der Waals surface area contributed by atoms with Crippen LogP contribution in [-0.4, -0.2) is 25.1 Å². The minimum absolute atomic E-state index is 0.108. The Morgan fingerprint density at radius 2 is 1.96 bits per heavy atom. The molecule has 0 N–H and O–H groups in total. The van der Waals surface area contributed by atoms with Crippen molar-refractivity contribution >= 4 is 17.4 Å². The predicted molar refractivity (Wildman–Crippen MR) is 81.3 cm³/mol. The Hall–Kier alpha value is -2.94. The van der Waals surface area contributed by atoms with E-state index in [2.05, 4.69) is 15.5 Å². The van der Waals surface area contributed by atoms with Gasteiger partial charge in [0.05, 0.1) is 10.6 Å². The summed E-state index contributed by atoms with van der Waals surface area (Å²) in [5, 5.41) is 34.6. The first-order chi connectivity index (χ1) is 11.1. The number of nitro benzene ring substituents is 1. The summed E-state index contributed by atoms with van der Waals surface area (Å²) in [5.41, 5.74) is 1.02. The normalized spacial score (nSPS) is 10.6. The Balaban J connectivity index is 1.81. The van der Waals surface area contributed by atoms with Crippen molar-refractivity contribution in [2.24, 2.45) is 0 Å². The number of hydrogen-bond donors (Lipinski definition) is 0. The van der Waals surface area contributed by atoms with E-state index in [1.807, 2.05) is 30.3 Å². The molecule has 116 valence electrons. The van der Waals surface area contributed by atoms with Gasteiger partial charge in [-0.1, -0.05) is 36.0 Å². The van der Waals surface area contributed by atoms with E-state index in [1.165, 1.54) is 30.0 Å². The average molecular weight is 328 g/mol. The fourth-order valence-electron chi connectivity index (χ4n) is 1.93. The summed E-state index contributed by atoms with van der Waals surface area (Å²) in [6.45, 7) is 0. The Labute approximate surface area is 134 Å². The maximum atomic E-state index is 11.8. The van der Waals surface area contributed by atoms with E-state index in [9.17, 15) is 15.2 Å². The summed E-state index contributed by atoms with van der Waals surface area (Å²) >= 11 is 1.24. The first-order valence-electron chi connectivity index (χ1n) is 6.56. The molecule has 2 aromatic carbocycles. The first-order valence-corrected chi connectivity index (χ1v) is 7.54. The number of hydrogen-bond acceptors (Lipinski definition) is 7. The van der Waals surface area contributed by atoms with Crippen molar-refractivity contribution in [3.05, 3.63) is 64.2 Å². The molecule has 0 unspecified atom stereocenters. The summed E-state index contributed by atoms with van der Waals surface area (Å²) in [6.07, 6.45) is 0. The molecule has 1 heterocycles. The lowest BCUT2D eigenvalue weighted by atomic mass is 10.2. The Kier molecular flexibility index (Phi) is 4.20. The molecule has 0 bridgehead atoms. The van der Waals surface area contributed by atoms with E-state index in [-0.39, 0.29) is 17.2 Å². The summed E-state index contributed by atoms with van der Waals surface area (Å²) in [5.74, 6) is -0.00453. The van der Waals surface area contributed by atoms with Crippen LogP contribution in [0.1, 0.15) is 5.56 Å². The molecular weight excluding hydrogens is 318 g/mol. The molecule has 0 saturated heterocycles. The van der Waals surface area contributed by atoms with Crippen LogP contribution >= 0.6 is 11.8 Å². The molecule has 0 amide bonds. The molecule has 8 nitrogen and oxygen atoms in total. The SMILES string of the molecule is O=[N+]([O-])c1ccc([O-])c(CSc2nnnn2-c2ccccc2)c1. The lowest BCUT2D eigenvalue weighted by Gasteiger charge is -2.12. The van der Waals surface area contributed by atoms with E-state index < -0.39 is 4.92 Å². The van der Waals surface area contributed by atoms with Crippen LogP contribution in [0, 0.1) is 10.1 Å². The van der Waals surface area contributed by atoms with Gasteiger partial charge in [-0.3, -0.25) is 10.1 Å². The van der Waals surface area contributed by atoms with Crippen LogP contribution in [0.25, 0.3) is 5.69 Å². The number of nitrogens with zero attached hydrogens (tertiary/aromatic N) is 5. The molecule has 0 saturated carbocycles. The fourth-order valence-corrected chi connectivity index (χ4v) is 2.80. The van der Waals surface area contributed by atoms with E-state index in [4.69, 9.17) is 0 Å². The number of non-ortho nitro benzene ring substituents is 1. The van der Waals surface area contributed by atoms with E-state index in [0.717, 1.165) is 5.69 Å². The van der Waals surface area contributed by atoms with Crippen LogP contribution in [0.2, 0.25) is 0 Å². The van der Waals surface area contributed by atoms with Crippen molar-refractivity contribution in [2.45, 2.75) is 10.9 Å². The van der Waals surface area contributed by atoms with Gasteiger partial charge in [-0.05, 0) is 28.1 Å². The second-order valence-corrected chi connectivity index (χ2v) is 5.49. The van der Waals surface area contributed by atoms with Gasteiger partial charge in [0.25, 0.3) is 5.69 Å². The van der Waals surface area contributed by atoms with Gasteiger partial charge in [0, 0.05) is 17.9 Å². The molecule has 0 aliphatic carbocycles. The second kappa shape index (κ2) is 6.44. The summed E-state index contributed by atoms with van der Waals surface area (Å²) < 4.78 is 1.55. The third-order valence-corrected chi connectivity index (χ3v) is 4.02. The minimum Gasteiger partial charge on any atom is -0.872 e. The molecule has 0 aliphatic heterocycles. The molecule has 0 fully saturated rings. The zero-order chi connectivity index (χ0) is 16.2. The molecule has 0 spiro atoms. The van der Waals surface area contributed by atoms with Crippen LogP contribution in [0.3, 0.4) is 0 Å². The van der Waals surface area contributed by atoms with Gasteiger partial charge in [-0.15, -0.1) is 10.8 Å². The largest absolute Gasteiger partial charge is 0.872 e. The van der Waals surface area contributed by atoms with Crippen LogP contribution in [-0.2, 0) is 5.75 Å². The molecule has 0 aliphatic rings. The zero-order valence-electron chi connectivity index (χ0n) is 11.7. The molecule has 0 radical (unpaired) electrons. The zero-order valence-corrected chi connectivity index (χ0v) is 12.5. The number of aromatic nitrogens is 4. The number of nitro groups is 1. The summed E-state index contributed by atoms with van der Waals surface area (Å²) in [7, 11) is 0. The highest BCUT2D eigenvalue weighted by Crippen LogP contribution is 2.28. The van der Waals surface area contributed by atoms with Crippen molar-refractivity contribution in [2.75, 3.05) is 0 Å². The Morgan fingerprint density at radius 3 is 2.70 bits per heavy atom. The van der Waals surface area contributed by atoms with Gasteiger partial charge in [0.2, 0.25) is 5.16 Å². The number of rotatable bonds is 5. The summed E-state index contributed by atoms with van der Waals surface area (Å²) in [6, 6.07) is 13.0. The Morgan fingerprint density at radius 1 is 1.17 bits per heavy atom. The van der Waals surface area contributed by atoms with Crippen molar-refractivity contribution in [1.82, 2.24) is 20.2 Å². The lowest BCUT2D eigenvalue weighted by Crippen LogP contribution is -2.00. The van der Waals surface area contributed by atoms with Gasteiger partial charge >= 0.3 is 0 Å². The molecule has 1 aromatic heterocycles. The van der Waals surface area contributed by atoms with E-state index in [0.29, 0.717) is 10.7 Å². The predicted octanol–water partition coefficient (Wildman–Crippen LogP) is 1.94. The third kappa shape index (κ3) is 3.29. The fraction of sp³-hybridized carbons (Fsp3) is 0.0714. The van der Waals surface area contributed by atoms with Crippen LogP contribution in [0.15, 0.2) is 53.7 Å². The van der Waals surface area contributed by atoms with Gasteiger partial charge in [0.1, 0.15) is 0 Å².